The van der Waals surface area contributed by atoms with Crippen LogP contribution in [0.4, 0.5) is 0 Å². The summed E-state index contributed by atoms with van der Waals surface area (Å²) in [4.78, 5) is 14.3. The summed E-state index contributed by atoms with van der Waals surface area (Å²) in [6, 6.07) is 0.749. The SMILES string of the molecule is O=C1NCC2COCCN2[C@H]2CNC[C@@H]12. The topological polar surface area (TPSA) is 53.6 Å². The second-order valence-electron chi connectivity index (χ2n) is 4.54. The number of nitrogens with one attached hydrogen (secondary N) is 2. The third-order valence-electron chi connectivity index (χ3n) is 3.73. The Morgan fingerprint density at radius 2 is 2.27 bits per heavy atom. The Labute approximate surface area is 89.1 Å². The van der Waals surface area contributed by atoms with Crippen molar-refractivity contribution in [3.8, 4) is 0 Å². The molecule has 84 valence electrons. The monoisotopic (exact) mass is 211 g/mol. The second-order valence-corrected chi connectivity index (χ2v) is 4.54. The fraction of sp³-hybridized carbons (Fsp3) is 0.900. The molecule has 0 aromatic carbocycles. The largest absolute Gasteiger partial charge is 0.378 e. The Balaban J connectivity index is 1.85. The number of hydrogen-bond donors (Lipinski definition) is 2. The molecule has 5 heteroatoms. The van der Waals surface area contributed by atoms with Crippen LogP contribution in [-0.4, -0.2) is 62.3 Å². The molecule has 3 rings (SSSR count). The number of carbonyl (C=O) groups excluding carboxylic acids is 1. The van der Waals surface area contributed by atoms with E-state index in [2.05, 4.69) is 15.5 Å². The Morgan fingerprint density at radius 3 is 3.20 bits per heavy atom. The van der Waals surface area contributed by atoms with E-state index in [0.29, 0.717) is 12.1 Å². The maximum atomic E-state index is 11.8. The number of carbonyl (C=O) groups is 1. The zero-order chi connectivity index (χ0) is 10.3. The Morgan fingerprint density at radius 1 is 1.33 bits per heavy atom. The van der Waals surface area contributed by atoms with E-state index in [1.54, 1.807) is 0 Å². The van der Waals surface area contributed by atoms with Crippen LogP contribution >= 0.6 is 0 Å². The van der Waals surface area contributed by atoms with Crippen molar-refractivity contribution in [3.05, 3.63) is 0 Å². The second kappa shape index (κ2) is 3.73. The van der Waals surface area contributed by atoms with Gasteiger partial charge in [-0.2, -0.15) is 0 Å². The van der Waals surface area contributed by atoms with E-state index >= 15 is 0 Å². The minimum atomic E-state index is 0.132. The third kappa shape index (κ3) is 1.55. The van der Waals surface area contributed by atoms with Crippen LogP contribution in [0.15, 0.2) is 0 Å². The molecule has 3 heterocycles. The molecule has 0 aliphatic carbocycles. The van der Waals surface area contributed by atoms with Gasteiger partial charge in [0.15, 0.2) is 0 Å². The quantitative estimate of drug-likeness (QED) is 0.507. The number of hydrogen-bond acceptors (Lipinski definition) is 4. The maximum Gasteiger partial charge on any atom is 0.226 e. The number of fused-ring (bicyclic) bond motifs is 3. The van der Waals surface area contributed by atoms with Crippen molar-refractivity contribution in [2.24, 2.45) is 5.92 Å². The molecule has 1 unspecified atom stereocenters. The molecule has 0 spiro atoms. The molecular formula is C10H17N3O2. The Bertz CT molecular complexity index is 271. The van der Waals surface area contributed by atoms with Crippen LogP contribution in [0.3, 0.4) is 0 Å². The van der Waals surface area contributed by atoms with Crippen LogP contribution in [0, 0.1) is 5.92 Å². The smallest absolute Gasteiger partial charge is 0.226 e. The highest BCUT2D eigenvalue weighted by molar-refractivity contribution is 5.80. The van der Waals surface area contributed by atoms with E-state index < -0.39 is 0 Å². The van der Waals surface area contributed by atoms with E-state index in [1.807, 2.05) is 0 Å². The molecule has 1 amide bonds. The van der Waals surface area contributed by atoms with Crippen molar-refractivity contribution < 1.29 is 9.53 Å². The predicted molar refractivity (Wildman–Crippen MR) is 54.5 cm³/mol. The first-order chi connectivity index (χ1) is 7.36. The summed E-state index contributed by atoms with van der Waals surface area (Å²) < 4.78 is 5.46. The molecule has 0 saturated carbocycles. The molecule has 0 aromatic heterocycles. The lowest BCUT2D eigenvalue weighted by molar-refractivity contribution is -0.124. The van der Waals surface area contributed by atoms with Crippen LogP contribution < -0.4 is 10.6 Å². The minimum absolute atomic E-state index is 0.132. The van der Waals surface area contributed by atoms with Crippen molar-refractivity contribution in [3.63, 3.8) is 0 Å². The highest BCUT2D eigenvalue weighted by atomic mass is 16.5. The molecule has 0 radical (unpaired) electrons. The number of morpholine rings is 1. The van der Waals surface area contributed by atoms with Crippen molar-refractivity contribution in [1.82, 2.24) is 15.5 Å². The van der Waals surface area contributed by atoms with E-state index in [1.165, 1.54) is 0 Å². The molecule has 5 nitrogen and oxygen atoms in total. The summed E-state index contributed by atoms with van der Waals surface area (Å²) >= 11 is 0. The van der Waals surface area contributed by atoms with Crippen molar-refractivity contribution >= 4 is 5.91 Å². The van der Waals surface area contributed by atoms with E-state index in [9.17, 15) is 4.79 Å². The first-order valence-corrected chi connectivity index (χ1v) is 5.68. The number of amides is 1. The summed E-state index contributed by atoms with van der Waals surface area (Å²) in [6.45, 7) is 5.01. The van der Waals surface area contributed by atoms with Gasteiger partial charge in [-0.05, 0) is 0 Å². The Hall–Kier alpha value is -0.650. The molecule has 2 N–H and O–H groups in total. The fourth-order valence-corrected chi connectivity index (χ4v) is 2.91. The normalized spacial score (nSPS) is 41.6. The predicted octanol–water partition coefficient (Wildman–Crippen LogP) is -1.59. The molecule has 3 aliphatic heterocycles. The van der Waals surface area contributed by atoms with Gasteiger partial charge in [0.25, 0.3) is 0 Å². The highest BCUT2D eigenvalue weighted by Crippen LogP contribution is 2.23. The van der Waals surface area contributed by atoms with Gasteiger partial charge >= 0.3 is 0 Å². The van der Waals surface area contributed by atoms with Gasteiger partial charge in [-0.25, -0.2) is 0 Å². The molecule has 3 fully saturated rings. The molecule has 0 aromatic rings. The van der Waals surface area contributed by atoms with Gasteiger partial charge < -0.3 is 15.4 Å². The molecule has 15 heavy (non-hydrogen) atoms. The van der Waals surface area contributed by atoms with Gasteiger partial charge in [-0.15, -0.1) is 0 Å². The molecule has 0 bridgehead atoms. The molecular weight excluding hydrogens is 194 g/mol. The summed E-state index contributed by atoms with van der Waals surface area (Å²) in [6.07, 6.45) is 0. The zero-order valence-electron chi connectivity index (χ0n) is 8.74. The lowest BCUT2D eigenvalue weighted by Crippen LogP contribution is -2.54. The maximum absolute atomic E-state index is 11.8. The zero-order valence-corrected chi connectivity index (χ0v) is 8.74. The van der Waals surface area contributed by atoms with Gasteiger partial charge in [0.05, 0.1) is 25.2 Å². The summed E-state index contributed by atoms with van der Waals surface area (Å²) in [5.41, 5.74) is 0. The van der Waals surface area contributed by atoms with E-state index in [-0.39, 0.29) is 11.8 Å². The van der Waals surface area contributed by atoms with Crippen LogP contribution in [-0.2, 0) is 9.53 Å². The highest BCUT2D eigenvalue weighted by Gasteiger charge is 2.42. The van der Waals surface area contributed by atoms with Gasteiger partial charge in [0.2, 0.25) is 5.91 Å². The number of ether oxygens (including phenoxy) is 1. The first kappa shape index (κ1) is 9.57. The molecule has 3 aliphatic rings. The van der Waals surface area contributed by atoms with Crippen molar-refractivity contribution in [2.45, 2.75) is 12.1 Å². The molecule has 3 atom stereocenters. The average Bonchev–Trinajstić information content (AvgIpc) is 2.71. The van der Waals surface area contributed by atoms with Crippen LogP contribution in [0.2, 0.25) is 0 Å². The third-order valence-corrected chi connectivity index (χ3v) is 3.73. The van der Waals surface area contributed by atoms with E-state index in [0.717, 1.165) is 39.4 Å². The number of nitrogens with zero attached hydrogens (tertiary/aromatic N) is 1. The van der Waals surface area contributed by atoms with Crippen molar-refractivity contribution in [1.29, 1.82) is 0 Å². The average molecular weight is 211 g/mol. The van der Waals surface area contributed by atoms with Crippen LogP contribution in [0.5, 0.6) is 0 Å². The van der Waals surface area contributed by atoms with Crippen LogP contribution in [0.25, 0.3) is 0 Å². The van der Waals surface area contributed by atoms with Crippen molar-refractivity contribution in [2.75, 3.05) is 39.4 Å². The van der Waals surface area contributed by atoms with Gasteiger partial charge in [0.1, 0.15) is 0 Å². The van der Waals surface area contributed by atoms with Crippen LogP contribution in [0.1, 0.15) is 0 Å². The lowest BCUT2D eigenvalue weighted by Gasteiger charge is -2.38. The summed E-state index contributed by atoms with van der Waals surface area (Å²) in [5.74, 6) is 0.340. The fourth-order valence-electron chi connectivity index (χ4n) is 2.91. The first-order valence-electron chi connectivity index (χ1n) is 5.68. The van der Waals surface area contributed by atoms with Gasteiger partial charge in [-0.3, -0.25) is 9.69 Å². The Kier molecular flexibility index (Phi) is 2.38. The molecule has 3 saturated heterocycles. The standard InChI is InChI=1S/C10H17N3O2/c14-10-8-4-11-5-9(8)13-1-2-15-6-7(13)3-12-10/h7-9,11H,1-6H2,(H,12,14)/t7?,8-,9+/m1/s1. The van der Waals surface area contributed by atoms with Gasteiger partial charge in [-0.1, -0.05) is 0 Å². The summed E-state index contributed by atoms with van der Waals surface area (Å²) in [5, 5.41) is 6.33. The number of rotatable bonds is 0. The van der Waals surface area contributed by atoms with E-state index in [4.69, 9.17) is 4.74 Å². The lowest BCUT2D eigenvalue weighted by atomic mass is 10.0. The minimum Gasteiger partial charge on any atom is -0.378 e. The van der Waals surface area contributed by atoms with Gasteiger partial charge in [0, 0.05) is 32.2 Å². The summed E-state index contributed by atoms with van der Waals surface area (Å²) in [7, 11) is 0.